The van der Waals surface area contributed by atoms with Crippen molar-refractivity contribution in [3.63, 3.8) is 0 Å². The zero-order valence-corrected chi connectivity index (χ0v) is 7.39. The molecule has 3 nitrogen and oxygen atoms in total. The third kappa shape index (κ3) is 1.02. The topological polar surface area (TPSA) is 45.4 Å². The van der Waals surface area contributed by atoms with Crippen molar-refractivity contribution >= 4 is 15.9 Å². The maximum atomic E-state index is 9.76. The van der Waals surface area contributed by atoms with Gasteiger partial charge in [-0.2, -0.15) is 0 Å². The van der Waals surface area contributed by atoms with E-state index in [1.54, 1.807) is 12.3 Å². The van der Waals surface area contributed by atoms with Crippen molar-refractivity contribution in [2.45, 2.75) is 5.60 Å². The summed E-state index contributed by atoms with van der Waals surface area (Å²) in [6.07, 6.45) is 1.57. The SMILES string of the molecule is OC1(c2occc2Br)CNC1. The molecule has 2 heterocycles. The molecular formula is C7H8BrNO2. The Labute approximate surface area is 72.5 Å². The maximum Gasteiger partial charge on any atom is 0.152 e. The third-order valence-corrected chi connectivity index (χ3v) is 2.50. The first-order chi connectivity index (χ1) is 5.22. The van der Waals surface area contributed by atoms with Gasteiger partial charge in [-0.3, -0.25) is 0 Å². The molecule has 2 rings (SSSR count). The van der Waals surface area contributed by atoms with Crippen molar-refractivity contribution < 1.29 is 9.52 Å². The fraction of sp³-hybridized carbons (Fsp3) is 0.429. The van der Waals surface area contributed by atoms with Gasteiger partial charge in [0.15, 0.2) is 5.76 Å². The molecule has 0 bridgehead atoms. The highest BCUT2D eigenvalue weighted by Gasteiger charge is 2.40. The molecular weight excluding hydrogens is 210 g/mol. The Kier molecular flexibility index (Phi) is 1.56. The molecule has 0 atom stereocenters. The quantitative estimate of drug-likeness (QED) is 0.733. The Morgan fingerprint density at radius 2 is 2.36 bits per heavy atom. The lowest BCUT2D eigenvalue weighted by molar-refractivity contribution is -0.0340. The standard InChI is InChI=1S/C7H8BrNO2/c8-5-1-2-11-6(5)7(10)3-9-4-7/h1-2,9-10H,3-4H2. The van der Waals surface area contributed by atoms with E-state index in [0.717, 1.165) is 4.47 Å². The molecule has 0 aromatic carbocycles. The van der Waals surface area contributed by atoms with Crippen LogP contribution in [0, 0.1) is 0 Å². The van der Waals surface area contributed by atoms with Gasteiger partial charge in [0.25, 0.3) is 0 Å². The van der Waals surface area contributed by atoms with Gasteiger partial charge in [-0.05, 0) is 22.0 Å². The van der Waals surface area contributed by atoms with Crippen LogP contribution in [0.4, 0.5) is 0 Å². The van der Waals surface area contributed by atoms with Gasteiger partial charge < -0.3 is 14.8 Å². The molecule has 0 saturated carbocycles. The molecule has 0 amide bonds. The molecule has 1 saturated heterocycles. The number of hydrogen-bond donors (Lipinski definition) is 2. The molecule has 11 heavy (non-hydrogen) atoms. The summed E-state index contributed by atoms with van der Waals surface area (Å²) in [6, 6.07) is 1.78. The minimum Gasteiger partial charge on any atom is -0.465 e. The van der Waals surface area contributed by atoms with Crippen molar-refractivity contribution in [3.05, 3.63) is 22.6 Å². The number of β-amino-alcohol motifs (C(OH)–C–C–N with tert-alkyl or cyclic N) is 1. The van der Waals surface area contributed by atoms with Crippen LogP contribution in [-0.4, -0.2) is 18.2 Å². The van der Waals surface area contributed by atoms with E-state index < -0.39 is 5.60 Å². The minimum absolute atomic E-state index is 0.569. The first kappa shape index (κ1) is 7.34. The van der Waals surface area contributed by atoms with E-state index in [4.69, 9.17) is 4.42 Å². The predicted molar refractivity (Wildman–Crippen MR) is 43.2 cm³/mol. The van der Waals surface area contributed by atoms with Crippen molar-refractivity contribution in [1.82, 2.24) is 5.32 Å². The minimum atomic E-state index is -0.789. The van der Waals surface area contributed by atoms with E-state index in [2.05, 4.69) is 21.2 Å². The average molecular weight is 218 g/mol. The van der Waals surface area contributed by atoms with Crippen LogP contribution in [0.25, 0.3) is 0 Å². The normalized spacial score (nSPS) is 21.3. The van der Waals surface area contributed by atoms with Crippen molar-refractivity contribution in [2.75, 3.05) is 13.1 Å². The summed E-state index contributed by atoms with van der Waals surface area (Å²) in [7, 11) is 0. The Balaban J connectivity index is 2.35. The average Bonchev–Trinajstić information content (AvgIpc) is 2.30. The maximum absolute atomic E-state index is 9.76. The van der Waals surface area contributed by atoms with E-state index in [0.29, 0.717) is 18.8 Å². The summed E-state index contributed by atoms with van der Waals surface area (Å²) in [5.74, 6) is 0.622. The molecule has 1 aromatic heterocycles. The summed E-state index contributed by atoms with van der Waals surface area (Å²) < 4.78 is 5.97. The van der Waals surface area contributed by atoms with Gasteiger partial charge in [0.1, 0.15) is 5.60 Å². The van der Waals surface area contributed by atoms with Gasteiger partial charge in [-0.25, -0.2) is 0 Å². The van der Waals surface area contributed by atoms with Crippen molar-refractivity contribution in [3.8, 4) is 0 Å². The van der Waals surface area contributed by atoms with Crippen molar-refractivity contribution in [1.29, 1.82) is 0 Å². The molecule has 60 valence electrons. The van der Waals surface area contributed by atoms with E-state index >= 15 is 0 Å². The molecule has 2 N–H and O–H groups in total. The lowest BCUT2D eigenvalue weighted by atomic mass is 9.94. The molecule has 1 fully saturated rings. The van der Waals surface area contributed by atoms with E-state index in [-0.39, 0.29) is 0 Å². The van der Waals surface area contributed by atoms with Gasteiger partial charge in [0.2, 0.25) is 0 Å². The van der Waals surface area contributed by atoms with Crippen LogP contribution in [-0.2, 0) is 5.60 Å². The first-order valence-corrected chi connectivity index (χ1v) is 4.18. The second kappa shape index (κ2) is 2.33. The number of nitrogens with one attached hydrogen (secondary N) is 1. The second-order valence-electron chi connectivity index (χ2n) is 2.73. The largest absolute Gasteiger partial charge is 0.465 e. The van der Waals surface area contributed by atoms with Crippen LogP contribution < -0.4 is 5.32 Å². The highest BCUT2D eigenvalue weighted by molar-refractivity contribution is 9.10. The lowest BCUT2D eigenvalue weighted by Gasteiger charge is -2.35. The Morgan fingerprint density at radius 1 is 1.64 bits per heavy atom. The Morgan fingerprint density at radius 3 is 2.73 bits per heavy atom. The number of hydrogen-bond acceptors (Lipinski definition) is 3. The molecule has 0 spiro atoms. The number of furan rings is 1. The van der Waals surface area contributed by atoms with Gasteiger partial charge in [-0.1, -0.05) is 0 Å². The highest BCUT2D eigenvalue weighted by Crippen LogP contribution is 2.31. The van der Waals surface area contributed by atoms with E-state index in [1.807, 2.05) is 0 Å². The highest BCUT2D eigenvalue weighted by atomic mass is 79.9. The molecule has 1 aromatic rings. The zero-order valence-electron chi connectivity index (χ0n) is 5.80. The smallest absolute Gasteiger partial charge is 0.152 e. The van der Waals surface area contributed by atoms with Crippen LogP contribution in [0.3, 0.4) is 0 Å². The summed E-state index contributed by atoms with van der Waals surface area (Å²) >= 11 is 3.30. The van der Waals surface area contributed by atoms with Crippen molar-refractivity contribution in [2.24, 2.45) is 0 Å². The van der Waals surface area contributed by atoms with Gasteiger partial charge >= 0.3 is 0 Å². The fourth-order valence-corrected chi connectivity index (χ4v) is 1.72. The summed E-state index contributed by atoms with van der Waals surface area (Å²) in [5, 5.41) is 12.8. The predicted octanol–water partition coefficient (Wildman–Crippen LogP) is 0.833. The van der Waals surface area contributed by atoms with Crippen LogP contribution in [0.1, 0.15) is 5.76 Å². The third-order valence-electron chi connectivity index (χ3n) is 1.87. The number of aliphatic hydroxyl groups is 1. The van der Waals surface area contributed by atoms with Crippen LogP contribution in [0.5, 0.6) is 0 Å². The lowest BCUT2D eigenvalue weighted by Crippen LogP contribution is -2.56. The van der Waals surface area contributed by atoms with Crippen LogP contribution in [0.2, 0.25) is 0 Å². The summed E-state index contributed by atoms with van der Waals surface area (Å²) in [5.41, 5.74) is -0.789. The molecule has 1 aliphatic rings. The molecule has 4 heteroatoms. The molecule has 0 aliphatic carbocycles. The number of halogens is 1. The first-order valence-electron chi connectivity index (χ1n) is 3.39. The summed E-state index contributed by atoms with van der Waals surface area (Å²) in [6.45, 7) is 1.14. The van der Waals surface area contributed by atoms with E-state index in [9.17, 15) is 5.11 Å². The van der Waals surface area contributed by atoms with Gasteiger partial charge in [0, 0.05) is 13.1 Å². The molecule has 1 aliphatic heterocycles. The molecule has 0 unspecified atom stereocenters. The van der Waals surface area contributed by atoms with Gasteiger partial charge in [0.05, 0.1) is 10.7 Å². The fourth-order valence-electron chi connectivity index (χ4n) is 1.15. The Bertz CT molecular complexity index is 267. The zero-order chi connectivity index (χ0) is 7.90. The van der Waals surface area contributed by atoms with Crippen LogP contribution >= 0.6 is 15.9 Å². The number of rotatable bonds is 1. The molecule has 0 radical (unpaired) electrons. The van der Waals surface area contributed by atoms with Crippen LogP contribution in [0.15, 0.2) is 21.2 Å². The second-order valence-corrected chi connectivity index (χ2v) is 3.59. The van der Waals surface area contributed by atoms with Gasteiger partial charge in [-0.15, -0.1) is 0 Å². The van der Waals surface area contributed by atoms with E-state index in [1.165, 1.54) is 0 Å². The Hall–Kier alpha value is -0.320. The summed E-state index contributed by atoms with van der Waals surface area (Å²) in [4.78, 5) is 0. The monoisotopic (exact) mass is 217 g/mol.